The van der Waals surface area contributed by atoms with E-state index < -0.39 is 12.2 Å². The Balaban J connectivity index is 2.04. The lowest BCUT2D eigenvalue weighted by molar-refractivity contribution is 0.0145. The summed E-state index contributed by atoms with van der Waals surface area (Å²) >= 11 is 0. The molecule has 1 aliphatic heterocycles. The highest BCUT2D eigenvalue weighted by atomic mass is 16.5. The molecule has 3 rings (SSSR count). The summed E-state index contributed by atoms with van der Waals surface area (Å²) in [6, 6.07) is 14.5. The maximum Gasteiger partial charge on any atom is 0.125 e. The van der Waals surface area contributed by atoms with Crippen LogP contribution < -0.4 is 9.47 Å². The predicted molar refractivity (Wildman–Crippen MR) is 78.4 cm³/mol. The number of fused-ring (bicyclic) bond motifs is 2. The molecule has 110 valence electrons. The molecule has 0 saturated heterocycles. The predicted octanol–water partition coefficient (Wildman–Crippen LogP) is 2.61. The van der Waals surface area contributed by atoms with Crippen LogP contribution in [0, 0.1) is 0 Å². The van der Waals surface area contributed by atoms with E-state index in [1.165, 1.54) is 0 Å². The van der Waals surface area contributed by atoms with Gasteiger partial charge in [0, 0.05) is 17.5 Å². The van der Waals surface area contributed by atoms with Crippen LogP contribution in [0.25, 0.3) is 0 Å². The summed E-state index contributed by atoms with van der Waals surface area (Å²) in [5.74, 6) is 1.20. The molecule has 2 N–H and O–H groups in total. The zero-order chi connectivity index (χ0) is 14.7. The molecule has 2 aromatic carbocycles. The van der Waals surface area contributed by atoms with Crippen molar-refractivity contribution >= 4 is 0 Å². The van der Waals surface area contributed by atoms with Crippen molar-refractivity contribution in [3.05, 3.63) is 59.7 Å². The van der Waals surface area contributed by atoms with Crippen molar-refractivity contribution < 1.29 is 19.7 Å². The van der Waals surface area contributed by atoms with Gasteiger partial charge in [0.05, 0.1) is 13.2 Å². The average molecular weight is 286 g/mol. The normalized spacial score (nSPS) is 22.0. The van der Waals surface area contributed by atoms with Crippen LogP contribution in [-0.4, -0.2) is 23.4 Å². The number of aliphatic hydroxyl groups excluding tert-OH is 2. The molecule has 0 aromatic heterocycles. The Bertz CT molecular complexity index is 558. The zero-order valence-electron chi connectivity index (χ0n) is 11.6. The van der Waals surface area contributed by atoms with Crippen LogP contribution in [0.4, 0.5) is 0 Å². The van der Waals surface area contributed by atoms with E-state index in [2.05, 4.69) is 0 Å². The van der Waals surface area contributed by atoms with E-state index in [9.17, 15) is 10.2 Å². The minimum atomic E-state index is -1.07. The van der Waals surface area contributed by atoms with Gasteiger partial charge < -0.3 is 19.7 Å². The van der Waals surface area contributed by atoms with E-state index in [-0.39, 0.29) is 0 Å². The summed E-state index contributed by atoms with van der Waals surface area (Å²) in [7, 11) is 0. The molecule has 0 aliphatic carbocycles. The van der Waals surface area contributed by atoms with Gasteiger partial charge in [-0.1, -0.05) is 36.4 Å². The van der Waals surface area contributed by atoms with E-state index >= 15 is 0 Å². The first-order valence-electron chi connectivity index (χ1n) is 7.07. The van der Waals surface area contributed by atoms with E-state index in [0.29, 0.717) is 35.8 Å². The summed E-state index contributed by atoms with van der Waals surface area (Å²) in [5.41, 5.74) is 1.17. The molecule has 4 nitrogen and oxygen atoms in total. The Morgan fingerprint density at radius 2 is 1.14 bits per heavy atom. The van der Waals surface area contributed by atoms with Gasteiger partial charge in [-0.15, -0.1) is 0 Å². The highest BCUT2D eigenvalue weighted by molar-refractivity contribution is 5.40. The Kier molecular flexibility index (Phi) is 4.08. The summed E-state index contributed by atoms with van der Waals surface area (Å²) in [6.07, 6.45) is -1.40. The average Bonchev–Trinajstić information content (AvgIpc) is 2.55. The topological polar surface area (TPSA) is 58.9 Å². The number of benzene rings is 2. The third-order valence-electron chi connectivity index (χ3n) is 3.58. The summed E-state index contributed by atoms with van der Waals surface area (Å²) < 4.78 is 11.4. The molecule has 21 heavy (non-hydrogen) atoms. The Morgan fingerprint density at radius 3 is 1.62 bits per heavy atom. The maximum absolute atomic E-state index is 10.5. The first-order valence-corrected chi connectivity index (χ1v) is 7.07. The van der Waals surface area contributed by atoms with Crippen LogP contribution in [0.3, 0.4) is 0 Å². The second-order valence-electron chi connectivity index (χ2n) is 5.02. The first-order chi connectivity index (χ1) is 10.3. The standard InChI is InChI=1S/C17H18O4/c18-16-12-6-1-3-8-14(12)20-10-5-11-21-15-9-4-2-7-13(15)17(16)19/h1-4,6-9,16-19H,5,10-11H2/t16-,17-/m1/s1. The minimum Gasteiger partial charge on any atom is -0.493 e. The molecular weight excluding hydrogens is 268 g/mol. The maximum atomic E-state index is 10.5. The number of hydrogen-bond acceptors (Lipinski definition) is 4. The number of aliphatic hydroxyl groups is 2. The fourth-order valence-corrected chi connectivity index (χ4v) is 2.48. The van der Waals surface area contributed by atoms with Gasteiger partial charge in [-0.2, -0.15) is 0 Å². The van der Waals surface area contributed by atoms with Gasteiger partial charge in [0.25, 0.3) is 0 Å². The Morgan fingerprint density at radius 1 is 0.714 bits per heavy atom. The Hall–Kier alpha value is -2.04. The molecule has 1 aliphatic rings. The fraction of sp³-hybridized carbons (Fsp3) is 0.294. The summed E-state index contributed by atoms with van der Waals surface area (Å²) in [4.78, 5) is 0. The van der Waals surface area contributed by atoms with Crippen molar-refractivity contribution in [1.29, 1.82) is 0 Å². The summed E-state index contributed by atoms with van der Waals surface area (Å²) in [5, 5.41) is 21.0. The van der Waals surface area contributed by atoms with Crippen molar-refractivity contribution in [2.75, 3.05) is 13.2 Å². The van der Waals surface area contributed by atoms with Crippen molar-refractivity contribution in [1.82, 2.24) is 0 Å². The van der Waals surface area contributed by atoms with Crippen molar-refractivity contribution in [2.45, 2.75) is 18.6 Å². The van der Waals surface area contributed by atoms with Crippen LogP contribution in [0.15, 0.2) is 48.5 Å². The second-order valence-corrected chi connectivity index (χ2v) is 5.02. The molecule has 0 bridgehead atoms. The first kappa shape index (κ1) is 13.9. The van der Waals surface area contributed by atoms with Gasteiger partial charge >= 0.3 is 0 Å². The molecule has 1 heterocycles. The lowest BCUT2D eigenvalue weighted by Gasteiger charge is -2.22. The smallest absolute Gasteiger partial charge is 0.125 e. The van der Waals surface area contributed by atoms with E-state index in [0.717, 1.165) is 6.42 Å². The largest absolute Gasteiger partial charge is 0.493 e. The third-order valence-corrected chi connectivity index (χ3v) is 3.58. The highest BCUT2D eigenvalue weighted by Gasteiger charge is 2.26. The number of para-hydroxylation sites is 2. The van der Waals surface area contributed by atoms with E-state index in [4.69, 9.17) is 9.47 Å². The second kappa shape index (κ2) is 6.16. The minimum absolute atomic E-state index is 0.502. The SMILES string of the molecule is O[C@@H]1c2ccccc2OCCCOc2ccccc2[C@H]1O. The lowest BCUT2D eigenvalue weighted by Crippen LogP contribution is -2.12. The van der Waals surface area contributed by atoms with Gasteiger partial charge in [0.1, 0.15) is 23.7 Å². The van der Waals surface area contributed by atoms with Gasteiger partial charge in [0.2, 0.25) is 0 Å². The molecule has 0 fully saturated rings. The van der Waals surface area contributed by atoms with Crippen LogP contribution >= 0.6 is 0 Å². The lowest BCUT2D eigenvalue weighted by atomic mass is 9.97. The van der Waals surface area contributed by atoms with Crippen LogP contribution in [0.2, 0.25) is 0 Å². The molecular formula is C17H18O4. The molecule has 2 atom stereocenters. The molecule has 2 aromatic rings. The molecule has 0 spiro atoms. The number of ether oxygens (including phenoxy) is 2. The zero-order valence-corrected chi connectivity index (χ0v) is 11.6. The van der Waals surface area contributed by atoms with Crippen LogP contribution in [-0.2, 0) is 0 Å². The van der Waals surface area contributed by atoms with Gasteiger partial charge in [-0.25, -0.2) is 0 Å². The molecule has 0 amide bonds. The van der Waals surface area contributed by atoms with Crippen LogP contribution in [0.1, 0.15) is 29.8 Å². The van der Waals surface area contributed by atoms with E-state index in [1.807, 2.05) is 24.3 Å². The number of rotatable bonds is 0. The Labute approximate surface area is 123 Å². The van der Waals surface area contributed by atoms with Gasteiger partial charge in [-0.05, 0) is 12.1 Å². The van der Waals surface area contributed by atoms with Gasteiger partial charge in [0.15, 0.2) is 0 Å². The quantitative estimate of drug-likeness (QED) is 0.781. The molecule has 0 unspecified atom stereocenters. The molecule has 4 heteroatoms. The van der Waals surface area contributed by atoms with Crippen molar-refractivity contribution in [3.8, 4) is 11.5 Å². The molecule has 0 saturated carbocycles. The third kappa shape index (κ3) is 2.86. The molecule has 0 radical (unpaired) electrons. The fourth-order valence-electron chi connectivity index (χ4n) is 2.48. The van der Waals surface area contributed by atoms with Crippen molar-refractivity contribution in [3.63, 3.8) is 0 Å². The highest BCUT2D eigenvalue weighted by Crippen LogP contribution is 2.37. The van der Waals surface area contributed by atoms with E-state index in [1.54, 1.807) is 24.3 Å². The van der Waals surface area contributed by atoms with Crippen LogP contribution in [0.5, 0.6) is 11.5 Å². The van der Waals surface area contributed by atoms with Crippen molar-refractivity contribution in [2.24, 2.45) is 0 Å². The monoisotopic (exact) mass is 286 g/mol. The number of hydrogen-bond donors (Lipinski definition) is 2. The van der Waals surface area contributed by atoms with Gasteiger partial charge in [-0.3, -0.25) is 0 Å². The summed E-state index contributed by atoms with van der Waals surface area (Å²) in [6.45, 7) is 1.00.